The van der Waals surface area contributed by atoms with Crippen molar-refractivity contribution in [3.63, 3.8) is 0 Å². The van der Waals surface area contributed by atoms with Gasteiger partial charge in [0.1, 0.15) is 4.90 Å². The van der Waals surface area contributed by atoms with E-state index in [0.717, 1.165) is 6.07 Å². The van der Waals surface area contributed by atoms with E-state index in [1.807, 2.05) is 0 Å². The van der Waals surface area contributed by atoms with Gasteiger partial charge < -0.3 is 14.6 Å². The number of carbonyl (C=O) groups is 1. The van der Waals surface area contributed by atoms with E-state index in [0.29, 0.717) is 6.42 Å². The molecule has 0 aliphatic heterocycles. The van der Waals surface area contributed by atoms with E-state index in [4.69, 9.17) is 14.6 Å². The Balaban J connectivity index is 3.14. The lowest BCUT2D eigenvalue weighted by molar-refractivity contribution is 0.0661. The summed E-state index contributed by atoms with van der Waals surface area (Å²) in [5.74, 6) is -1.83. The number of hydrogen-bond acceptors (Lipinski definition) is 5. The normalized spacial score (nSPS) is 15.0. The summed E-state index contributed by atoms with van der Waals surface area (Å²) in [4.78, 5) is 10.5. The van der Waals surface area contributed by atoms with Crippen LogP contribution in [-0.2, 0) is 10.0 Å². The summed E-state index contributed by atoms with van der Waals surface area (Å²) < 4.78 is 31.6. The van der Waals surface area contributed by atoms with Gasteiger partial charge in [0, 0.05) is 18.2 Å². The largest absolute Gasteiger partial charge is 0.475 e. The van der Waals surface area contributed by atoms with Crippen LogP contribution in [0.2, 0.25) is 0 Å². The predicted octanol–water partition coefficient (Wildman–Crippen LogP) is 1.57. The fraction of sp³-hybridized carbons (Fsp3) is 0.545. The van der Waals surface area contributed by atoms with Crippen molar-refractivity contribution in [3.8, 4) is 0 Å². The molecule has 0 radical (unpaired) electrons. The van der Waals surface area contributed by atoms with Gasteiger partial charge in [-0.05, 0) is 35.7 Å². The quantitative estimate of drug-likeness (QED) is 0.671. The van der Waals surface area contributed by atoms with Crippen LogP contribution in [0.5, 0.6) is 0 Å². The highest BCUT2D eigenvalue weighted by molar-refractivity contribution is 9.10. The molecule has 114 valence electrons. The minimum Gasteiger partial charge on any atom is -0.475 e. The van der Waals surface area contributed by atoms with Crippen LogP contribution < -0.4 is 4.72 Å². The van der Waals surface area contributed by atoms with Crippen molar-refractivity contribution in [1.29, 1.82) is 0 Å². The summed E-state index contributed by atoms with van der Waals surface area (Å²) in [6.45, 7) is 3.28. The summed E-state index contributed by atoms with van der Waals surface area (Å²) in [6, 6.07) is 0.934. The molecule has 1 heterocycles. The average Bonchev–Trinajstić information content (AvgIpc) is 2.72. The summed E-state index contributed by atoms with van der Waals surface area (Å²) in [5.41, 5.74) is -0.826. The molecule has 7 nitrogen and oxygen atoms in total. The summed E-state index contributed by atoms with van der Waals surface area (Å²) in [6.07, 6.45) is 0.706. The lowest BCUT2D eigenvalue weighted by Crippen LogP contribution is -2.46. The maximum absolute atomic E-state index is 12.3. The minimum absolute atomic E-state index is 0.167. The van der Waals surface area contributed by atoms with E-state index in [1.54, 1.807) is 13.8 Å². The van der Waals surface area contributed by atoms with Gasteiger partial charge in [0.2, 0.25) is 15.8 Å². The number of halogens is 1. The Morgan fingerprint density at radius 2 is 2.15 bits per heavy atom. The van der Waals surface area contributed by atoms with Crippen LogP contribution in [0.3, 0.4) is 0 Å². The molecule has 1 atom stereocenters. The van der Waals surface area contributed by atoms with Crippen molar-refractivity contribution in [2.75, 3.05) is 6.61 Å². The van der Waals surface area contributed by atoms with Crippen molar-refractivity contribution in [1.82, 2.24) is 4.72 Å². The van der Waals surface area contributed by atoms with Gasteiger partial charge in [0.25, 0.3) is 0 Å². The molecule has 1 aromatic rings. The van der Waals surface area contributed by atoms with Gasteiger partial charge >= 0.3 is 5.97 Å². The summed E-state index contributed by atoms with van der Waals surface area (Å²) in [5, 5.41) is 17.8. The van der Waals surface area contributed by atoms with Gasteiger partial charge in [-0.25, -0.2) is 17.9 Å². The number of aliphatic hydroxyl groups excluding tert-OH is 1. The smallest absolute Gasteiger partial charge is 0.371 e. The van der Waals surface area contributed by atoms with Crippen LogP contribution in [0, 0.1) is 0 Å². The molecule has 0 saturated heterocycles. The van der Waals surface area contributed by atoms with Crippen molar-refractivity contribution >= 4 is 31.9 Å². The van der Waals surface area contributed by atoms with Crippen LogP contribution in [0.4, 0.5) is 0 Å². The second-order valence-electron chi connectivity index (χ2n) is 4.55. The van der Waals surface area contributed by atoms with Gasteiger partial charge in [-0.15, -0.1) is 0 Å². The number of aromatic carboxylic acids is 1. The highest BCUT2D eigenvalue weighted by Crippen LogP contribution is 2.28. The number of furan rings is 1. The summed E-state index contributed by atoms with van der Waals surface area (Å²) in [7, 11) is -3.96. The molecule has 1 aromatic heterocycles. The standard InChI is InChI=1S/C11H16BrNO6S/c1-3-11(2,4-5-14)13-20(17,18)8-6-7(10(15)16)19-9(8)12/h6,13-14H,3-5H2,1-2H3,(H,15,16). The number of carboxylic acids is 1. The first-order valence-corrected chi connectivity index (χ1v) is 8.10. The van der Waals surface area contributed by atoms with Crippen LogP contribution >= 0.6 is 15.9 Å². The number of hydrogen-bond donors (Lipinski definition) is 3. The molecule has 20 heavy (non-hydrogen) atoms. The molecule has 0 bridgehead atoms. The predicted molar refractivity (Wildman–Crippen MR) is 74.1 cm³/mol. The topological polar surface area (TPSA) is 117 Å². The number of aliphatic hydroxyl groups is 1. The van der Waals surface area contributed by atoms with Crippen molar-refractivity contribution < 1.29 is 27.8 Å². The molecule has 9 heteroatoms. The van der Waals surface area contributed by atoms with Crippen LogP contribution in [0.25, 0.3) is 0 Å². The molecule has 0 aromatic carbocycles. The van der Waals surface area contributed by atoms with E-state index in [1.165, 1.54) is 0 Å². The Morgan fingerprint density at radius 3 is 2.55 bits per heavy atom. The van der Waals surface area contributed by atoms with Gasteiger partial charge in [-0.3, -0.25) is 0 Å². The highest BCUT2D eigenvalue weighted by Gasteiger charge is 2.32. The molecule has 0 amide bonds. The molecular formula is C11H16BrNO6S. The van der Waals surface area contributed by atoms with Gasteiger partial charge in [0.15, 0.2) is 4.67 Å². The van der Waals surface area contributed by atoms with Gasteiger partial charge in [0.05, 0.1) is 0 Å². The highest BCUT2D eigenvalue weighted by atomic mass is 79.9. The van der Waals surface area contributed by atoms with Crippen molar-refractivity contribution in [2.45, 2.75) is 37.1 Å². The third-order valence-corrected chi connectivity index (χ3v) is 5.48. The maximum Gasteiger partial charge on any atom is 0.371 e. The number of rotatable bonds is 7. The second-order valence-corrected chi connectivity index (χ2v) is 6.92. The average molecular weight is 370 g/mol. The molecule has 0 fully saturated rings. The Labute approximate surface area is 125 Å². The Hall–Kier alpha value is -0.900. The maximum atomic E-state index is 12.3. The number of carboxylic acid groups (broad SMARTS) is 1. The molecule has 1 rings (SSSR count). The van der Waals surface area contributed by atoms with Crippen LogP contribution in [0.1, 0.15) is 37.2 Å². The number of sulfonamides is 1. The fourth-order valence-electron chi connectivity index (χ4n) is 1.57. The molecule has 1 unspecified atom stereocenters. The van der Waals surface area contributed by atoms with E-state index >= 15 is 0 Å². The molecular weight excluding hydrogens is 354 g/mol. The molecule has 0 spiro atoms. The molecule has 0 aliphatic rings. The van der Waals surface area contributed by atoms with Gasteiger partial charge in [-0.1, -0.05) is 6.92 Å². The Morgan fingerprint density at radius 1 is 1.55 bits per heavy atom. The second kappa shape index (κ2) is 6.25. The minimum atomic E-state index is -3.96. The van der Waals surface area contributed by atoms with E-state index in [-0.39, 0.29) is 22.6 Å². The van der Waals surface area contributed by atoms with Crippen LogP contribution in [0.15, 0.2) is 20.0 Å². The van der Waals surface area contributed by atoms with Crippen LogP contribution in [-0.4, -0.2) is 36.7 Å². The Kier molecular flexibility index (Phi) is 5.36. The van der Waals surface area contributed by atoms with Gasteiger partial charge in [-0.2, -0.15) is 0 Å². The zero-order chi connectivity index (χ0) is 15.6. The lowest BCUT2D eigenvalue weighted by Gasteiger charge is -2.28. The fourth-order valence-corrected chi connectivity index (χ4v) is 4.02. The molecule has 0 aliphatic carbocycles. The van der Waals surface area contributed by atoms with E-state index < -0.39 is 27.3 Å². The lowest BCUT2D eigenvalue weighted by atomic mass is 9.97. The van der Waals surface area contributed by atoms with E-state index in [2.05, 4.69) is 20.7 Å². The monoisotopic (exact) mass is 369 g/mol. The molecule has 0 saturated carbocycles. The first-order chi connectivity index (χ1) is 9.15. The third kappa shape index (κ3) is 3.81. The first kappa shape index (κ1) is 17.2. The van der Waals surface area contributed by atoms with Crippen molar-refractivity contribution in [2.24, 2.45) is 0 Å². The SMILES string of the molecule is CCC(C)(CCO)NS(=O)(=O)c1cc(C(=O)O)oc1Br. The number of nitrogens with one attached hydrogen (secondary N) is 1. The zero-order valence-electron chi connectivity index (χ0n) is 11.0. The Bertz CT molecular complexity index is 596. The zero-order valence-corrected chi connectivity index (χ0v) is 13.4. The first-order valence-electron chi connectivity index (χ1n) is 5.82. The third-order valence-electron chi connectivity index (χ3n) is 2.98. The molecule has 3 N–H and O–H groups in total. The summed E-state index contributed by atoms with van der Waals surface area (Å²) >= 11 is 2.89. The van der Waals surface area contributed by atoms with E-state index in [9.17, 15) is 13.2 Å². The van der Waals surface area contributed by atoms with Crippen molar-refractivity contribution in [3.05, 3.63) is 16.5 Å².